The molecule has 0 aromatic carbocycles. The van der Waals surface area contributed by atoms with E-state index in [0.717, 1.165) is 38.7 Å². The summed E-state index contributed by atoms with van der Waals surface area (Å²) in [6, 6.07) is 1.69. The molecule has 3 rings (SSSR count). The Morgan fingerprint density at radius 3 is 3.05 bits per heavy atom. The average Bonchev–Trinajstić information content (AvgIpc) is 3.17. The molecule has 7 nitrogen and oxygen atoms in total. The van der Waals surface area contributed by atoms with Crippen LogP contribution in [0.2, 0.25) is 0 Å². The molecule has 0 unspecified atom stereocenters. The van der Waals surface area contributed by atoms with Crippen molar-refractivity contribution in [1.82, 2.24) is 14.7 Å². The second kappa shape index (κ2) is 7.19. The van der Waals surface area contributed by atoms with Gasteiger partial charge in [0.2, 0.25) is 0 Å². The lowest BCUT2D eigenvalue weighted by Gasteiger charge is -2.30. The predicted molar refractivity (Wildman–Crippen MR) is 82.5 cm³/mol. The highest BCUT2D eigenvalue weighted by Crippen LogP contribution is 2.27. The van der Waals surface area contributed by atoms with E-state index in [1.165, 1.54) is 6.26 Å². The van der Waals surface area contributed by atoms with Gasteiger partial charge in [-0.1, -0.05) is 0 Å². The highest BCUT2D eigenvalue weighted by molar-refractivity contribution is 8.00. The summed E-state index contributed by atoms with van der Waals surface area (Å²) < 4.78 is 17.8. The van der Waals surface area contributed by atoms with Crippen molar-refractivity contribution in [1.29, 1.82) is 0 Å². The molecule has 1 N–H and O–H groups in total. The van der Waals surface area contributed by atoms with Gasteiger partial charge in [0.25, 0.3) is 0 Å². The number of morpholine rings is 1. The molecule has 0 spiro atoms. The first-order valence-electron chi connectivity index (χ1n) is 7.23. The third kappa shape index (κ3) is 3.64. The lowest BCUT2D eigenvalue weighted by molar-refractivity contribution is 0.0219. The van der Waals surface area contributed by atoms with E-state index in [0.29, 0.717) is 17.9 Å². The molecule has 1 aromatic heterocycles. The normalized spacial score (nSPS) is 19.8. The van der Waals surface area contributed by atoms with Gasteiger partial charge in [-0.2, -0.15) is 0 Å². The van der Waals surface area contributed by atoms with Crippen molar-refractivity contribution in [2.75, 3.05) is 39.6 Å². The van der Waals surface area contributed by atoms with E-state index in [2.05, 4.69) is 10.3 Å². The molecule has 0 atom stereocenters. The zero-order valence-electron chi connectivity index (χ0n) is 12.4. The van der Waals surface area contributed by atoms with E-state index in [1.54, 1.807) is 24.9 Å². The Bertz CT molecular complexity index is 554. The number of rotatable bonds is 5. The average molecular weight is 325 g/mol. The lowest BCUT2D eigenvalue weighted by atomic mass is 10.3. The zero-order chi connectivity index (χ0) is 15.4. The van der Waals surface area contributed by atoms with Gasteiger partial charge in [0.05, 0.1) is 32.1 Å². The number of hydrogen-bond acceptors (Lipinski definition) is 8. The summed E-state index contributed by atoms with van der Waals surface area (Å²) in [6.45, 7) is 6.34. The van der Waals surface area contributed by atoms with Crippen LogP contribution in [0.25, 0.3) is 5.70 Å². The predicted octanol–water partition coefficient (Wildman–Crippen LogP) is 1.51. The van der Waals surface area contributed by atoms with Gasteiger partial charge in [0.1, 0.15) is 12.0 Å². The molecule has 3 heterocycles. The highest BCUT2D eigenvalue weighted by Gasteiger charge is 2.22. The molecule has 0 saturated carbocycles. The van der Waals surface area contributed by atoms with Crippen molar-refractivity contribution in [2.24, 2.45) is 0 Å². The molecule has 1 fully saturated rings. The van der Waals surface area contributed by atoms with Gasteiger partial charge in [-0.15, -0.1) is 4.41 Å². The smallest absolute Gasteiger partial charge is 0.341 e. The van der Waals surface area contributed by atoms with Crippen LogP contribution in [0.3, 0.4) is 0 Å². The van der Waals surface area contributed by atoms with Crippen molar-refractivity contribution in [3.05, 3.63) is 29.1 Å². The van der Waals surface area contributed by atoms with Gasteiger partial charge < -0.3 is 19.3 Å². The van der Waals surface area contributed by atoms with E-state index in [4.69, 9.17) is 13.9 Å². The fraction of sp³-hybridized carbons (Fsp3) is 0.500. The van der Waals surface area contributed by atoms with Crippen molar-refractivity contribution >= 4 is 23.6 Å². The Hall–Kier alpha value is -1.48. The number of carbonyl (C=O) groups is 1. The first-order chi connectivity index (χ1) is 10.8. The summed E-state index contributed by atoms with van der Waals surface area (Å²) in [6.07, 6.45) is 1.42. The molecule has 2 aliphatic rings. The van der Waals surface area contributed by atoms with Crippen LogP contribution in [0.4, 0.5) is 0 Å². The molecule has 1 saturated heterocycles. The second-order valence-corrected chi connectivity index (χ2v) is 5.81. The molecule has 120 valence electrons. The number of hydrazine groups is 1. The molecule has 0 radical (unpaired) electrons. The summed E-state index contributed by atoms with van der Waals surface area (Å²) >= 11 is 1.57. The van der Waals surface area contributed by atoms with Crippen LogP contribution in [-0.4, -0.2) is 54.9 Å². The van der Waals surface area contributed by atoms with E-state index in [9.17, 15) is 4.79 Å². The second-order valence-electron chi connectivity index (χ2n) is 4.92. The molecule has 1 aromatic rings. The van der Waals surface area contributed by atoms with Crippen LogP contribution in [0.1, 0.15) is 23.0 Å². The third-order valence-corrected chi connectivity index (χ3v) is 4.15. The highest BCUT2D eigenvalue weighted by atomic mass is 32.2. The van der Waals surface area contributed by atoms with Gasteiger partial charge in [-0.05, 0) is 18.9 Å². The Morgan fingerprint density at radius 2 is 2.27 bits per heavy atom. The van der Waals surface area contributed by atoms with Crippen LogP contribution in [0.5, 0.6) is 0 Å². The van der Waals surface area contributed by atoms with E-state index >= 15 is 0 Å². The minimum absolute atomic E-state index is 0.351. The first-order valence-corrected chi connectivity index (χ1v) is 8.07. The Labute approximate surface area is 133 Å². The number of carbonyl (C=O) groups excluding carboxylic acids is 1. The van der Waals surface area contributed by atoms with E-state index in [-0.39, 0.29) is 5.97 Å². The maximum atomic E-state index is 11.6. The van der Waals surface area contributed by atoms with Gasteiger partial charge in [-0.25, -0.2) is 4.79 Å². The van der Waals surface area contributed by atoms with Crippen molar-refractivity contribution in [3.8, 4) is 0 Å². The molecule has 2 aliphatic heterocycles. The lowest BCUT2D eigenvalue weighted by Crippen LogP contribution is -2.44. The van der Waals surface area contributed by atoms with Gasteiger partial charge in [0, 0.05) is 24.6 Å². The maximum Gasteiger partial charge on any atom is 0.341 e. The topological polar surface area (TPSA) is 67.2 Å². The van der Waals surface area contributed by atoms with Crippen molar-refractivity contribution < 1.29 is 18.7 Å². The number of nitrogens with one attached hydrogen (secondary N) is 1. The fourth-order valence-corrected chi connectivity index (χ4v) is 2.99. The molecule has 0 aliphatic carbocycles. The molecule has 0 amide bonds. The zero-order valence-corrected chi connectivity index (χ0v) is 13.2. The largest absolute Gasteiger partial charge is 0.462 e. The Morgan fingerprint density at radius 1 is 1.45 bits per heavy atom. The molecular formula is C14H19N3O4S. The Balaban J connectivity index is 1.54. The van der Waals surface area contributed by atoms with Crippen LogP contribution >= 0.6 is 11.9 Å². The minimum Gasteiger partial charge on any atom is -0.462 e. The van der Waals surface area contributed by atoms with E-state index < -0.39 is 0 Å². The molecular weight excluding hydrogens is 306 g/mol. The van der Waals surface area contributed by atoms with Gasteiger partial charge in [-0.3, -0.25) is 4.90 Å². The minimum atomic E-state index is -0.367. The van der Waals surface area contributed by atoms with Crippen molar-refractivity contribution in [2.45, 2.75) is 6.92 Å². The van der Waals surface area contributed by atoms with Crippen LogP contribution in [0.15, 0.2) is 22.2 Å². The summed E-state index contributed by atoms with van der Waals surface area (Å²) in [5.74, 6) is 0.258. The molecule has 8 heteroatoms. The summed E-state index contributed by atoms with van der Waals surface area (Å²) in [5.41, 5.74) is 4.54. The van der Waals surface area contributed by atoms with Crippen LogP contribution in [-0.2, 0) is 9.47 Å². The fourth-order valence-electron chi connectivity index (χ4n) is 2.21. The molecule has 22 heavy (non-hydrogen) atoms. The molecule has 0 bridgehead atoms. The monoisotopic (exact) mass is 325 g/mol. The van der Waals surface area contributed by atoms with Crippen LogP contribution in [0, 0.1) is 0 Å². The Kier molecular flexibility index (Phi) is 5.04. The number of hydrogen-bond donors (Lipinski definition) is 1. The summed E-state index contributed by atoms with van der Waals surface area (Å²) in [5, 5.41) is 1.97. The third-order valence-electron chi connectivity index (χ3n) is 3.35. The van der Waals surface area contributed by atoms with E-state index in [1.807, 2.05) is 9.82 Å². The maximum absolute atomic E-state index is 11.6. The number of furan rings is 1. The van der Waals surface area contributed by atoms with Gasteiger partial charge >= 0.3 is 5.97 Å². The quantitative estimate of drug-likeness (QED) is 0.645. The summed E-state index contributed by atoms with van der Waals surface area (Å²) in [4.78, 5) is 14.0. The summed E-state index contributed by atoms with van der Waals surface area (Å²) in [7, 11) is 0. The first kappa shape index (κ1) is 15.4. The number of ether oxygens (including phenoxy) is 2. The standard InChI is InChI=1S/C14H19N3O4S/c1-2-20-14(18)11-7-13(21-8-11)12-9-22-17(15-12)10-16-3-5-19-6-4-16/h7-9,15H,2-6,10H2,1H3. The van der Waals surface area contributed by atoms with Crippen molar-refractivity contribution in [3.63, 3.8) is 0 Å². The van der Waals surface area contributed by atoms with Gasteiger partial charge in [0.15, 0.2) is 5.76 Å². The number of nitrogens with zero attached hydrogens (tertiary/aromatic N) is 2. The van der Waals surface area contributed by atoms with Crippen LogP contribution < -0.4 is 5.43 Å². The number of esters is 1. The SMILES string of the molecule is CCOC(=O)c1coc(C2=CSN(CN3CCOCC3)N2)c1.